The molecule has 1 aromatic heterocycles. The molecule has 3 rings (SSSR count). The number of rotatable bonds is 8. The normalized spacial score (nSPS) is 10.7. The minimum Gasteiger partial charge on any atom is -0.350 e. The Kier molecular flexibility index (Phi) is 6.42. The van der Waals surface area contributed by atoms with E-state index in [4.69, 9.17) is 0 Å². The first kappa shape index (κ1) is 19.6. The first-order chi connectivity index (χ1) is 13.5. The average Bonchev–Trinajstić information content (AvgIpc) is 3.11. The van der Waals surface area contributed by atoms with E-state index >= 15 is 0 Å². The second-order valence-electron chi connectivity index (χ2n) is 6.99. The van der Waals surface area contributed by atoms with Crippen LogP contribution in [-0.2, 0) is 13.1 Å². The van der Waals surface area contributed by atoms with Gasteiger partial charge in [-0.25, -0.2) is 0 Å². The van der Waals surface area contributed by atoms with E-state index in [1.165, 1.54) is 15.8 Å². The van der Waals surface area contributed by atoms with Gasteiger partial charge in [-0.3, -0.25) is 4.79 Å². The first-order valence-corrected chi connectivity index (χ1v) is 9.64. The zero-order chi connectivity index (χ0) is 19.9. The molecule has 2 aromatic carbocycles. The highest BCUT2D eigenvalue weighted by Gasteiger charge is 2.15. The third kappa shape index (κ3) is 5.19. The maximum Gasteiger partial charge on any atom is 0.250 e. The number of anilines is 2. The Bertz CT molecular complexity index is 913. The van der Waals surface area contributed by atoms with Crippen LogP contribution in [0.4, 0.5) is 11.9 Å². The quantitative estimate of drug-likeness (QED) is 0.602. The number of hydrogen-bond acceptors (Lipinski definition) is 5. The van der Waals surface area contributed by atoms with E-state index in [0.29, 0.717) is 31.4 Å². The summed E-state index contributed by atoms with van der Waals surface area (Å²) >= 11 is 0. The molecule has 6 nitrogen and oxygen atoms in total. The lowest BCUT2D eigenvalue weighted by atomic mass is 10.1. The summed E-state index contributed by atoms with van der Waals surface area (Å²) in [7, 11) is 0. The average molecular weight is 377 g/mol. The molecule has 0 aliphatic rings. The third-order valence-electron chi connectivity index (χ3n) is 4.45. The molecule has 0 aliphatic carbocycles. The van der Waals surface area contributed by atoms with Crippen molar-refractivity contribution in [3.05, 3.63) is 70.8 Å². The van der Waals surface area contributed by atoms with E-state index in [0.717, 1.165) is 17.5 Å². The molecule has 0 unspecified atom stereocenters. The summed E-state index contributed by atoms with van der Waals surface area (Å²) in [5.41, 5.74) is 4.69. The monoisotopic (exact) mass is 377 g/mol. The van der Waals surface area contributed by atoms with Gasteiger partial charge in [0, 0.05) is 19.5 Å². The molecule has 0 atom stereocenters. The van der Waals surface area contributed by atoms with Crippen LogP contribution >= 0.6 is 0 Å². The fraction of sp³-hybridized carbons (Fsp3) is 0.318. The molecule has 0 saturated carbocycles. The highest BCUT2D eigenvalue weighted by molar-refractivity contribution is 5.81. The summed E-state index contributed by atoms with van der Waals surface area (Å²) in [5, 5.41) is 10.8. The number of aryl methyl sites for hydroxylation is 2. The van der Waals surface area contributed by atoms with Crippen molar-refractivity contribution in [2.75, 3.05) is 10.6 Å². The van der Waals surface area contributed by atoms with Crippen molar-refractivity contribution >= 4 is 17.8 Å². The van der Waals surface area contributed by atoms with E-state index in [1.807, 2.05) is 6.92 Å². The largest absolute Gasteiger partial charge is 0.350 e. The Balaban J connectivity index is 1.72. The summed E-state index contributed by atoms with van der Waals surface area (Å²) in [6, 6.07) is 16.5. The van der Waals surface area contributed by atoms with Crippen LogP contribution < -0.4 is 10.6 Å². The molecule has 0 spiro atoms. The van der Waals surface area contributed by atoms with E-state index in [1.54, 1.807) is 0 Å². The smallest absolute Gasteiger partial charge is 0.250 e. The summed E-state index contributed by atoms with van der Waals surface area (Å²) in [6.07, 6.45) is 1.20. The predicted octanol–water partition coefficient (Wildman–Crippen LogP) is 4.56. The van der Waals surface area contributed by atoms with Crippen molar-refractivity contribution in [1.82, 2.24) is 14.8 Å². The number of benzene rings is 2. The number of aromatic nitrogens is 3. The van der Waals surface area contributed by atoms with Gasteiger partial charge in [-0.2, -0.15) is 9.67 Å². The molecule has 0 saturated heterocycles. The molecule has 0 amide bonds. The van der Waals surface area contributed by atoms with E-state index in [2.05, 4.69) is 83.1 Å². The van der Waals surface area contributed by atoms with Crippen molar-refractivity contribution in [2.45, 2.75) is 46.7 Å². The highest BCUT2D eigenvalue weighted by Crippen LogP contribution is 2.14. The van der Waals surface area contributed by atoms with Crippen LogP contribution in [0.2, 0.25) is 0 Å². The Morgan fingerprint density at radius 2 is 1.43 bits per heavy atom. The van der Waals surface area contributed by atoms with E-state index in [9.17, 15) is 4.79 Å². The Morgan fingerprint density at radius 3 is 1.96 bits per heavy atom. The minimum atomic E-state index is -0.0650. The number of nitrogens with zero attached hydrogens (tertiary/aromatic N) is 3. The lowest BCUT2D eigenvalue weighted by Crippen LogP contribution is -2.16. The van der Waals surface area contributed by atoms with Crippen molar-refractivity contribution in [2.24, 2.45) is 0 Å². The van der Waals surface area contributed by atoms with Gasteiger partial charge in [0.05, 0.1) is 0 Å². The van der Waals surface area contributed by atoms with Gasteiger partial charge in [0.2, 0.25) is 17.8 Å². The van der Waals surface area contributed by atoms with Crippen LogP contribution in [0.5, 0.6) is 0 Å². The molecular formula is C22H27N5O. The van der Waals surface area contributed by atoms with Crippen LogP contribution in [0, 0.1) is 13.8 Å². The van der Waals surface area contributed by atoms with Crippen LogP contribution in [0.25, 0.3) is 0 Å². The fourth-order valence-electron chi connectivity index (χ4n) is 2.77. The standard InChI is InChI=1S/C22H27N5O/c1-4-5-20(28)27-22(24-15-19-12-8-17(3)9-13-19)25-21(26-27)23-14-18-10-6-16(2)7-11-18/h6-13H,4-5,14-15H2,1-3H3,(H2,23,24,25,26). The van der Waals surface area contributed by atoms with Crippen LogP contribution in [-0.4, -0.2) is 20.7 Å². The Hall–Kier alpha value is -3.15. The molecule has 0 radical (unpaired) electrons. The van der Waals surface area contributed by atoms with Crippen molar-refractivity contribution in [3.8, 4) is 0 Å². The zero-order valence-electron chi connectivity index (χ0n) is 16.7. The van der Waals surface area contributed by atoms with Gasteiger partial charge in [0.1, 0.15) is 0 Å². The first-order valence-electron chi connectivity index (χ1n) is 9.64. The van der Waals surface area contributed by atoms with Gasteiger partial charge in [0.15, 0.2) is 0 Å². The molecule has 0 bridgehead atoms. The molecule has 1 heterocycles. The SMILES string of the molecule is CCCC(=O)n1nc(NCc2ccc(C)cc2)nc1NCc1ccc(C)cc1. The highest BCUT2D eigenvalue weighted by atomic mass is 16.2. The van der Waals surface area contributed by atoms with Crippen LogP contribution in [0.15, 0.2) is 48.5 Å². The van der Waals surface area contributed by atoms with Gasteiger partial charge in [-0.15, -0.1) is 5.10 Å². The number of nitrogens with one attached hydrogen (secondary N) is 2. The molecule has 146 valence electrons. The maximum atomic E-state index is 12.4. The minimum absolute atomic E-state index is 0.0650. The topological polar surface area (TPSA) is 71.8 Å². The Morgan fingerprint density at radius 1 is 0.893 bits per heavy atom. The van der Waals surface area contributed by atoms with Crippen molar-refractivity contribution < 1.29 is 4.79 Å². The van der Waals surface area contributed by atoms with Gasteiger partial charge in [-0.1, -0.05) is 66.6 Å². The third-order valence-corrected chi connectivity index (χ3v) is 4.45. The molecule has 3 aromatic rings. The molecular weight excluding hydrogens is 350 g/mol. The van der Waals surface area contributed by atoms with Gasteiger partial charge < -0.3 is 10.6 Å². The second-order valence-corrected chi connectivity index (χ2v) is 6.99. The summed E-state index contributed by atoms with van der Waals surface area (Å²) in [6.45, 7) is 7.28. The summed E-state index contributed by atoms with van der Waals surface area (Å²) in [5.74, 6) is 0.839. The summed E-state index contributed by atoms with van der Waals surface area (Å²) in [4.78, 5) is 16.9. The molecule has 2 N–H and O–H groups in total. The predicted molar refractivity (Wildman–Crippen MR) is 113 cm³/mol. The van der Waals surface area contributed by atoms with Gasteiger partial charge >= 0.3 is 0 Å². The number of carbonyl (C=O) groups excluding carboxylic acids is 1. The lowest BCUT2D eigenvalue weighted by Gasteiger charge is -2.07. The lowest BCUT2D eigenvalue weighted by molar-refractivity contribution is 0.0888. The Labute approximate surface area is 166 Å². The number of hydrogen-bond donors (Lipinski definition) is 2. The van der Waals surface area contributed by atoms with Crippen molar-refractivity contribution in [3.63, 3.8) is 0 Å². The van der Waals surface area contributed by atoms with Gasteiger partial charge in [0.25, 0.3) is 0 Å². The second kappa shape index (κ2) is 9.17. The fourth-order valence-corrected chi connectivity index (χ4v) is 2.77. The van der Waals surface area contributed by atoms with E-state index < -0.39 is 0 Å². The molecule has 6 heteroatoms. The van der Waals surface area contributed by atoms with Gasteiger partial charge in [-0.05, 0) is 31.4 Å². The zero-order valence-corrected chi connectivity index (χ0v) is 16.7. The maximum absolute atomic E-state index is 12.4. The summed E-state index contributed by atoms with van der Waals surface area (Å²) < 4.78 is 1.37. The molecule has 0 fully saturated rings. The van der Waals surface area contributed by atoms with E-state index in [-0.39, 0.29) is 5.91 Å². The van der Waals surface area contributed by atoms with Crippen molar-refractivity contribution in [1.29, 1.82) is 0 Å². The molecule has 28 heavy (non-hydrogen) atoms. The number of carbonyl (C=O) groups is 1. The van der Waals surface area contributed by atoms with Crippen LogP contribution in [0.1, 0.15) is 46.8 Å². The van der Waals surface area contributed by atoms with Crippen LogP contribution in [0.3, 0.4) is 0 Å². The molecule has 0 aliphatic heterocycles.